The Balaban J connectivity index is 2.39. The van der Waals surface area contributed by atoms with Gasteiger partial charge in [0.05, 0.1) is 0 Å². The fourth-order valence-corrected chi connectivity index (χ4v) is 1.83. The lowest BCUT2D eigenvalue weighted by molar-refractivity contribution is 1.17. The smallest absolute Gasteiger partial charge is 0.133 e. The predicted molar refractivity (Wildman–Crippen MR) is 44.4 cm³/mol. The molecule has 1 aliphatic rings. The van der Waals surface area contributed by atoms with Crippen LogP contribution in [0.2, 0.25) is 5.15 Å². The normalized spacial score (nSPS) is 22.7. The quantitative estimate of drug-likeness (QED) is 0.476. The van der Waals surface area contributed by atoms with Crippen LogP contribution in [-0.4, -0.2) is 10.7 Å². The second-order valence-electron chi connectivity index (χ2n) is 2.21. The first-order chi connectivity index (χ1) is 4.88. The summed E-state index contributed by atoms with van der Waals surface area (Å²) in [7, 11) is 0. The first-order valence-electron chi connectivity index (χ1n) is 3.10. The van der Waals surface area contributed by atoms with Crippen LogP contribution in [0.3, 0.4) is 0 Å². The summed E-state index contributed by atoms with van der Waals surface area (Å²) < 4.78 is 0. The maximum absolute atomic E-state index is 5.83. The van der Waals surface area contributed by atoms with E-state index >= 15 is 0 Å². The molecule has 0 saturated carbocycles. The van der Waals surface area contributed by atoms with Crippen molar-refractivity contribution in [2.24, 2.45) is 0 Å². The van der Waals surface area contributed by atoms with Crippen LogP contribution >= 0.6 is 23.4 Å². The van der Waals surface area contributed by atoms with Crippen molar-refractivity contribution >= 4 is 23.4 Å². The Bertz CT molecular complexity index is 247. The Morgan fingerprint density at radius 2 is 2.50 bits per heavy atom. The molecule has 2 heterocycles. The number of hydrogen-bond donors (Lipinski definition) is 0. The van der Waals surface area contributed by atoms with Crippen LogP contribution in [0, 0.1) is 0 Å². The summed E-state index contributed by atoms with van der Waals surface area (Å²) in [6.45, 7) is 0. The molecule has 1 saturated heterocycles. The molecule has 0 bridgehead atoms. The molecule has 0 aliphatic carbocycles. The minimum Gasteiger partial charge on any atom is -0.244 e. The molecule has 52 valence electrons. The van der Waals surface area contributed by atoms with Gasteiger partial charge >= 0.3 is 0 Å². The predicted octanol–water partition coefficient (Wildman–Crippen LogP) is 2.52. The number of pyridine rings is 1. The summed E-state index contributed by atoms with van der Waals surface area (Å²) in [5.41, 5.74) is 1.19. The standard InChI is InChI=1S/C7H6ClNS/c8-7-5(6-4-10-6)2-1-3-9-7/h1-3,6H,4H2. The molecule has 0 amide bonds. The zero-order valence-electron chi connectivity index (χ0n) is 5.25. The van der Waals surface area contributed by atoms with E-state index in [4.69, 9.17) is 11.6 Å². The van der Waals surface area contributed by atoms with Crippen LogP contribution in [0.4, 0.5) is 0 Å². The molecule has 1 aliphatic heterocycles. The fourth-order valence-electron chi connectivity index (χ4n) is 0.866. The van der Waals surface area contributed by atoms with Gasteiger partial charge in [0.25, 0.3) is 0 Å². The minimum atomic E-state index is 0.626. The Morgan fingerprint density at radius 1 is 1.70 bits per heavy atom. The number of aromatic nitrogens is 1. The van der Waals surface area contributed by atoms with E-state index in [2.05, 4.69) is 4.98 Å². The van der Waals surface area contributed by atoms with Gasteiger partial charge in [-0.25, -0.2) is 4.98 Å². The highest BCUT2D eigenvalue weighted by atomic mass is 35.5. The van der Waals surface area contributed by atoms with E-state index in [1.165, 1.54) is 11.3 Å². The van der Waals surface area contributed by atoms with Gasteiger partial charge in [-0.05, 0) is 6.07 Å². The van der Waals surface area contributed by atoms with E-state index in [9.17, 15) is 0 Å². The molecule has 1 aromatic heterocycles. The lowest BCUT2D eigenvalue weighted by Crippen LogP contribution is -1.83. The summed E-state index contributed by atoms with van der Waals surface area (Å²) in [5.74, 6) is 1.20. The molecule has 0 aromatic carbocycles. The van der Waals surface area contributed by atoms with Crippen molar-refractivity contribution in [3.8, 4) is 0 Å². The average Bonchev–Trinajstić information content (AvgIpc) is 2.71. The Morgan fingerprint density at radius 3 is 3.10 bits per heavy atom. The second-order valence-corrected chi connectivity index (χ2v) is 3.80. The Hall–Kier alpha value is -0.210. The van der Waals surface area contributed by atoms with Crippen molar-refractivity contribution in [2.45, 2.75) is 5.25 Å². The minimum absolute atomic E-state index is 0.626. The largest absolute Gasteiger partial charge is 0.244 e. The maximum atomic E-state index is 5.83. The highest BCUT2D eigenvalue weighted by Crippen LogP contribution is 2.47. The van der Waals surface area contributed by atoms with Gasteiger partial charge in [0.1, 0.15) is 5.15 Å². The summed E-state index contributed by atoms with van der Waals surface area (Å²) in [5, 5.41) is 1.29. The number of nitrogens with zero attached hydrogens (tertiary/aromatic N) is 1. The molecule has 1 nitrogen and oxygen atoms in total. The molecular weight excluding hydrogens is 166 g/mol. The molecular formula is C7H6ClNS. The molecule has 0 radical (unpaired) electrons. The number of rotatable bonds is 1. The van der Waals surface area contributed by atoms with Crippen LogP contribution in [-0.2, 0) is 0 Å². The summed E-state index contributed by atoms with van der Waals surface area (Å²) in [6, 6.07) is 3.97. The molecule has 10 heavy (non-hydrogen) atoms. The van der Waals surface area contributed by atoms with Crippen molar-refractivity contribution < 1.29 is 0 Å². The van der Waals surface area contributed by atoms with Gasteiger partial charge in [0, 0.05) is 22.8 Å². The first-order valence-corrected chi connectivity index (χ1v) is 4.52. The van der Waals surface area contributed by atoms with Crippen molar-refractivity contribution in [3.05, 3.63) is 29.0 Å². The van der Waals surface area contributed by atoms with Gasteiger partial charge in [-0.3, -0.25) is 0 Å². The SMILES string of the molecule is Clc1ncccc1C1CS1. The zero-order valence-corrected chi connectivity index (χ0v) is 6.82. The molecule has 0 spiro atoms. The summed E-state index contributed by atoms with van der Waals surface area (Å²) >= 11 is 7.75. The van der Waals surface area contributed by atoms with Crippen LogP contribution in [0.5, 0.6) is 0 Å². The summed E-state index contributed by atoms with van der Waals surface area (Å²) in [4.78, 5) is 3.99. The van der Waals surface area contributed by atoms with Crippen LogP contribution in [0.25, 0.3) is 0 Å². The highest BCUT2D eigenvalue weighted by Gasteiger charge is 2.26. The monoisotopic (exact) mass is 171 g/mol. The van der Waals surface area contributed by atoms with E-state index in [1.807, 2.05) is 23.9 Å². The van der Waals surface area contributed by atoms with E-state index in [-0.39, 0.29) is 0 Å². The third kappa shape index (κ3) is 1.13. The van der Waals surface area contributed by atoms with E-state index in [0.29, 0.717) is 10.4 Å². The lowest BCUT2D eigenvalue weighted by atomic mass is 10.2. The summed E-state index contributed by atoms with van der Waals surface area (Å²) in [6.07, 6.45) is 1.72. The molecule has 3 heteroatoms. The molecule has 1 fully saturated rings. The van der Waals surface area contributed by atoms with Gasteiger partial charge in [-0.15, -0.1) is 0 Å². The third-order valence-corrected chi connectivity index (χ3v) is 2.70. The zero-order chi connectivity index (χ0) is 6.97. The molecule has 1 atom stereocenters. The Labute approximate surface area is 68.8 Å². The number of hydrogen-bond acceptors (Lipinski definition) is 2. The van der Waals surface area contributed by atoms with Gasteiger partial charge < -0.3 is 0 Å². The molecule has 0 N–H and O–H groups in total. The average molecular weight is 172 g/mol. The number of thioether (sulfide) groups is 1. The van der Waals surface area contributed by atoms with E-state index in [0.717, 1.165) is 0 Å². The second kappa shape index (κ2) is 2.44. The van der Waals surface area contributed by atoms with Crippen molar-refractivity contribution in [1.29, 1.82) is 0 Å². The van der Waals surface area contributed by atoms with Gasteiger partial charge in [0.2, 0.25) is 0 Å². The fraction of sp³-hybridized carbons (Fsp3) is 0.286. The molecule has 1 unspecified atom stereocenters. The molecule has 1 aromatic rings. The van der Waals surface area contributed by atoms with Crippen molar-refractivity contribution in [3.63, 3.8) is 0 Å². The van der Waals surface area contributed by atoms with E-state index in [1.54, 1.807) is 6.20 Å². The number of halogens is 1. The van der Waals surface area contributed by atoms with Crippen LogP contribution < -0.4 is 0 Å². The third-order valence-electron chi connectivity index (χ3n) is 1.47. The van der Waals surface area contributed by atoms with Crippen molar-refractivity contribution in [2.75, 3.05) is 5.75 Å². The van der Waals surface area contributed by atoms with Crippen LogP contribution in [0.1, 0.15) is 10.8 Å². The maximum Gasteiger partial charge on any atom is 0.133 e. The van der Waals surface area contributed by atoms with Gasteiger partial charge in [0.15, 0.2) is 0 Å². The topological polar surface area (TPSA) is 12.9 Å². The van der Waals surface area contributed by atoms with E-state index < -0.39 is 0 Å². The van der Waals surface area contributed by atoms with Gasteiger partial charge in [-0.1, -0.05) is 17.7 Å². The van der Waals surface area contributed by atoms with Crippen molar-refractivity contribution in [1.82, 2.24) is 4.98 Å². The highest BCUT2D eigenvalue weighted by molar-refractivity contribution is 8.06. The Kier molecular flexibility index (Phi) is 1.58. The molecule has 2 rings (SSSR count). The van der Waals surface area contributed by atoms with Gasteiger partial charge in [-0.2, -0.15) is 11.8 Å². The first kappa shape index (κ1) is 6.50. The lowest BCUT2D eigenvalue weighted by Gasteiger charge is -1.96. The van der Waals surface area contributed by atoms with Crippen LogP contribution in [0.15, 0.2) is 18.3 Å².